The molecule has 1 amide bonds. The molecule has 0 radical (unpaired) electrons. The summed E-state index contributed by atoms with van der Waals surface area (Å²) in [5.74, 6) is 1.39. The van der Waals surface area contributed by atoms with Gasteiger partial charge in [-0.3, -0.25) is 9.69 Å². The first-order valence-corrected chi connectivity index (χ1v) is 10.7. The zero-order valence-electron chi connectivity index (χ0n) is 15.6. The van der Waals surface area contributed by atoms with Gasteiger partial charge in [-0.05, 0) is 41.8 Å². The van der Waals surface area contributed by atoms with E-state index in [1.807, 2.05) is 21.7 Å². The highest BCUT2D eigenvalue weighted by Gasteiger charge is 2.35. The van der Waals surface area contributed by atoms with Crippen molar-refractivity contribution in [1.29, 1.82) is 0 Å². The monoisotopic (exact) mass is 394 g/mol. The fraction of sp³-hybridized carbons (Fsp3) is 0.381. The predicted octanol–water partition coefficient (Wildman–Crippen LogP) is 3.35. The smallest absolute Gasteiger partial charge is 0.241 e. The van der Waals surface area contributed by atoms with Crippen LogP contribution in [0.25, 0.3) is 11.4 Å². The number of hydrogen-bond acceptors (Lipinski definition) is 6. The van der Waals surface area contributed by atoms with Gasteiger partial charge < -0.3 is 9.42 Å². The lowest BCUT2D eigenvalue weighted by Crippen LogP contribution is -2.50. The van der Waals surface area contributed by atoms with Crippen LogP contribution in [0.15, 0.2) is 45.6 Å². The van der Waals surface area contributed by atoms with Gasteiger partial charge in [-0.1, -0.05) is 29.4 Å². The Kier molecular flexibility index (Phi) is 4.70. The molecular weight excluding hydrogens is 372 g/mol. The Hall–Kier alpha value is -2.51. The number of likely N-dealkylation sites (tertiary alicyclic amines) is 1. The molecule has 0 N–H and O–H groups in total. The molecule has 0 aliphatic carbocycles. The number of hydrogen-bond donors (Lipinski definition) is 0. The zero-order valence-corrected chi connectivity index (χ0v) is 16.4. The van der Waals surface area contributed by atoms with Crippen LogP contribution in [0.3, 0.4) is 0 Å². The van der Waals surface area contributed by atoms with E-state index in [0.29, 0.717) is 18.3 Å². The lowest BCUT2D eigenvalue weighted by molar-refractivity contribution is -0.137. The van der Waals surface area contributed by atoms with E-state index in [2.05, 4.69) is 39.3 Å². The van der Waals surface area contributed by atoms with E-state index >= 15 is 0 Å². The van der Waals surface area contributed by atoms with Crippen molar-refractivity contribution in [3.63, 3.8) is 0 Å². The second-order valence-electron chi connectivity index (χ2n) is 7.45. The minimum atomic E-state index is -0.176. The molecule has 2 aliphatic rings. The lowest BCUT2D eigenvalue weighted by Gasteiger charge is -2.37. The number of carbonyl (C=O) groups is 1. The molecule has 1 fully saturated rings. The molecule has 144 valence electrons. The Bertz CT molecular complexity index is 962. The number of fused-ring (bicyclic) bond motifs is 1. The summed E-state index contributed by atoms with van der Waals surface area (Å²) in [6.07, 6.45) is 2.93. The van der Waals surface area contributed by atoms with Gasteiger partial charge in [-0.25, -0.2) is 0 Å². The lowest BCUT2D eigenvalue weighted by atomic mass is 9.93. The summed E-state index contributed by atoms with van der Waals surface area (Å²) in [5, 5.41) is 8.12. The van der Waals surface area contributed by atoms with Crippen LogP contribution in [-0.4, -0.2) is 45.0 Å². The molecule has 5 rings (SSSR count). The van der Waals surface area contributed by atoms with Crippen molar-refractivity contribution in [2.75, 3.05) is 13.1 Å². The van der Waals surface area contributed by atoms with Gasteiger partial charge >= 0.3 is 0 Å². The van der Waals surface area contributed by atoms with Gasteiger partial charge in [0.25, 0.3) is 0 Å². The molecular formula is C21H22N4O2S. The first-order valence-electron chi connectivity index (χ1n) is 9.73. The van der Waals surface area contributed by atoms with Crippen LogP contribution < -0.4 is 0 Å². The third kappa shape index (κ3) is 3.36. The zero-order chi connectivity index (χ0) is 18.9. The number of thiophene rings is 1. The average molecular weight is 395 g/mol. The molecule has 0 saturated carbocycles. The maximum absolute atomic E-state index is 13.2. The summed E-state index contributed by atoms with van der Waals surface area (Å²) in [7, 11) is 0. The van der Waals surface area contributed by atoms with Crippen LogP contribution in [0, 0.1) is 0 Å². The van der Waals surface area contributed by atoms with Gasteiger partial charge in [0.05, 0.1) is 12.6 Å². The van der Waals surface area contributed by atoms with E-state index in [0.717, 1.165) is 44.5 Å². The van der Waals surface area contributed by atoms with Crippen LogP contribution in [0.5, 0.6) is 0 Å². The van der Waals surface area contributed by atoms with Gasteiger partial charge in [0.15, 0.2) is 0 Å². The summed E-state index contributed by atoms with van der Waals surface area (Å²) in [4.78, 5) is 22.0. The number of nitrogens with zero attached hydrogens (tertiary/aromatic N) is 4. The first-order chi connectivity index (χ1) is 13.8. The highest BCUT2D eigenvalue weighted by Crippen LogP contribution is 2.27. The van der Waals surface area contributed by atoms with Gasteiger partial charge in [-0.2, -0.15) is 16.3 Å². The van der Waals surface area contributed by atoms with E-state index in [9.17, 15) is 4.79 Å². The molecule has 1 atom stereocenters. The Morgan fingerprint density at radius 2 is 2.00 bits per heavy atom. The molecule has 1 aromatic carbocycles. The normalized spacial score (nSPS) is 19.7. The van der Waals surface area contributed by atoms with E-state index in [1.165, 1.54) is 11.1 Å². The van der Waals surface area contributed by atoms with Gasteiger partial charge in [-0.15, -0.1) is 0 Å². The molecule has 28 heavy (non-hydrogen) atoms. The van der Waals surface area contributed by atoms with Crippen molar-refractivity contribution in [1.82, 2.24) is 19.9 Å². The Labute approximate surface area is 167 Å². The summed E-state index contributed by atoms with van der Waals surface area (Å²) in [5.41, 5.74) is 3.50. The summed E-state index contributed by atoms with van der Waals surface area (Å²) in [6, 6.07) is 10.2. The Balaban J connectivity index is 1.40. The second-order valence-corrected chi connectivity index (χ2v) is 8.23. The van der Waals surface area contributed by atoms with Crippen molar-refractivity contribution >= 4 is 17.2 Å². The van der Waals surface area contributed by atoms with Gasteiger partial charge in [0, 0.05) is 30.6 Å². The van der Waals surface area contributed by atoms with Crippen molar-refractivity contribution in [2.45, 2.75) is 38.4 Å². The average Bonchev–Trinajstić information content (AvgIpc) is 3.49. The summed E-state index contributed by atoms with van der Waals surface area (Å²) in [6.45, 7) is 2.94. The molecule has 2 aromatic heterocycles. The van der Waals surface area contributed by atoms with Crippen LogP contribution in [0.1, 0.15) is 29.9 Å². The molecule has 0 spiro atoms. The van der Waals surface area contributed by atoms with Crippen LogP contribution in [0.4, 0.5) is 0 Å². The van der Waals surface area contributed by atoms with Gasteiger partial charge in [0.1, 0.15) is 0 Å². The first kappa shape index (κ1) is 17.6. The summed E-state index contributed by atoms with van der Waals surface area (Å²) < 4.78 is 5.51. The quantitative estimate of drug-likeness (QED) is 0.679. The van der Waals surface area contributed by atoms with Crippen LogP contribution >= 0.6 is 11.3 Å². The van der Waals surface area contributed by atoms with Crippen molar-refractivity contribution < 1.29 is 9.32 Å². The number of aromatic nitrogens is 2. The summed E-state index contributed by atoms with van der Waals surface area (Å²) >= 11 is 1.61. The molecule has 0 bridgehead atoms. The standard InChI is InChI=1S/C21H22N4O2S/c26-21(24-8-3-4-9-24)18-11-15-5-1-2-6-16(15)12-25(18)13-19-22-20(23-27-19)17-7-10-28-14-17/h1-2,5-7,10,14,18H,3-4,8-9,11-13H2/t18-/m1/s1. The molecule has 1 saturated heterocycles. The van der Waals surface area contributed by atoms with Crippen molar-refractivity contribution in [3.8, 4) is 11.4 Å². The van der Waals surface area contributed by atoms with E-state index in [-0.39, 0.29) is 11.9 Å². The Morgan fingerprint density at radius 3 is 2.79 bits per heavy atom. The SMILES string of the molecule is O=C([C@H]1Cc2ccccc2CN1Cc1nc(-c2ccsc2)no1)N1CCCC1. The molecule has 3 aromatic rings. The number of rotatable bonds is 4. The highest BCUT2D eigenvalue weighted by molar-refractivity contribution is 7.08. The highest BCUT2D eigenvalue weighted by atomic mass is 32.1. The fourth-order valence-corrected chi connectivity index (χ4v) is 4.77. The van der Waals surface area contributed by atoms with E-state index in [4.69, 9.17) is 4.52 Å². The fourth-order valence-electron chi connectivity index (χ4n) is 4.14. The van der Waals surface area contributed by atoms with Crippen molar-refractivity contribution in [3.05, 3.63) is 58.1 Å². The maximum Gasteiger partial charge on any atom is 0.241 e. The maximum atomic E-state index is 13.2. The second kappa shape index (κ2) is 7.48. The number of amides is 1. The predicted molar refractivity (Wildman–Crippen MR) is 107 cm³/mol. The molecule has 0 unspecified atom stereocenters. The minimum Gasteiger partial charge on any atom is -0.341 e. The largest absolute Gasteiger partial charge is 0.341 e. The third-order valence-electron chi connectivity index (χ3n) is 5.63. The van der Waals surface area contributed by atoms with E-state index < -0.39 is 0 Å². The molecule has 2 aliphatic heterocycles. The number of carbonyl (C=O) groups excluding carboxylic acids is 1. The van der Waals surface area contributed by atoms with Crippen LogP contribution in [0.2, 0.25) is 0 Å². The topological polar surface area (TPSA) is 62.5 Å². The van der Waals surface area contributed by atoms with Gasteiger partial charge in [0.2, 0.25) is 17.6 Å². The molecule has 6 nitrogen and oxygen atoms in total. The van der Waals surface area contributed by atoms with Crippen molar-refractivity contribution in [2.24, 2.45) is 0 Å². The van der Waals surface area contributed by atoms with E-state index in [1.54, 1.807) is 11.3 Å². The van der Waals surface area contributed by atoms with Crippen LogP contribution in [-0.2, 0) is 24.3 Å². The minimum absolute atomic E-state index is 0.176. The molecule has 7 heteroatoms. The third-order valence-corrected chi connectivity index (χ3v) is 6.32. The Morgan fingerprint density at radius 1 is 1.18 bits per heavy atom. The number of benzene rings is 1. The molecule has 4 heterocycles.